The van der Waals surface area contributed by atoms with Crippen molar-refractivity contribution >= 4 is 17.4 Å². The normalized spacial score (nSPS) is 11.6. The highest BCUT2D eigenvalue weighted by Gasteiger charge is 2.21. The number of hydrogen-bond donors (Lipinski definition) is 1. The largest absolute Gasteiger partial charge is 0.368 e. The molecule has 90 valence electrons. The highest BCUT2D eigenvalue weighted by atomic mass is 32.2. The van der Waals surface area contributed by atoms with E-state index in [1.807, 2.05) is 11.8 Å². The third-order valence-corrected chi connectivity index (χ3v) is 3.84. The van der Waals surface area contributed by atoms with Gasteiger partial charge in [0.05, 0.1) is 0 Å². The zero-order chi connectivity index (χ0) is 12.2. The summed E-state index contributed by atoms with van der Waals surface area (Å²) < 4.78 is 0. The summed E-state index contributed by atoms with van der Waals surface area (Å²) in [6.45, 7) is 7.13. The third-order valence-electron chi connectivity index (χ3n) is 2.94. The van der Waals surface area contributed by atoms with E-state index in [1.165, 1.54) is 10.6 Å². The molecule has 0 bridgehead atoms. The van der Waals surface area contributed by atoms with E-state index in [-0.39, 0.29) is 5.54 Å². The maximum absolute atomic E-state index is 5.78. The van der Waals surface area contributed by atoms with Gasteiger partial charge < -0.3 is 10.6 Å². The fourth-order valence-corrected chi connectivity index (χ4v) is 2.08. The number of anilines is 1. The second-order valence-electron chi connectivity index (χ2n) is 4.50. The zero-order valence-electron chi connectivity index (χ0n) is 10.7. The number of rotatable bonds is 5. The molecule has 3 heteroatoms. The summed E-state index contributed by atoms with van der Waals surface area (Å²) in [7, 11) is 2.09. The molecule has 0 radical (unpaired) electrons. The van der Waals surface area contributed by atoms with Crippen molar-refractivity contribution < 1.29 is 0 Å². The van der Waals surface area contributed by atoms with Gasteiger partial charge in [-0.15, -0.1) is 11.8 Å². The molecular weight excluding hydrogens is 216 g/mol. The van der Waals surface area contributed by atoms with E-state index in [1.54, 1.807) is 0 Å². The lowest BCUT2D eigenvalue weighted by Crippen LogP contribution is -2.47. The molecule has 1 aromatic carbocycles. The number of nitrogens with two attached hydrogens (primary N) is 1. The minimum atomic E-state index is -0.000580. The van der Waals surface area contributed by atoms with Gasteiger partial charge in [0.15, 0.2) is 0 Å². The molecule has 0 unspecified atom stereocenters. The summed E-state index contributed by atoms with van der Waals surface area (Å²) in [5.74, 6) is 1.11. The number of hydrogen-bond acceptors (Lipinski definition) is 3. The average Bonchev–Trinajstić information content (AvgIpc) is 2.29. The second-order valence-corrected chi connectivity index (χ2v) is 5.84. The zero-order valence-corrected chi connectivity index (χ0v) is 11.5. The van der Waals surface area contributed by atoms with Gasteiger partial charge in [-0.05, 0) is 43.9 Å². The smallest absolute Gasteiger partial charge is 0.0464 e. The van der Waals surface area contributed by atoms with Gasteiger partial charge in [-0.3, -0.25) is 0 Å². The van der Waals surface area contributed by atoms with Crippen molar-refractivity contribution in [1.82, 2.24) is 0 Å². The van der Waals surface area contributed by atoms with Crippen LogP contribution in [-0.2, 0) is 0 Å². The minimum absolute atomic E-state index is 0.000580. The Balaban J connectivity index is 2.81. The van der Waals surface area contributed by atoms with Gasteiger partial charge in [0.2, 0.25) is 0 Å². The highest BCUT2D eigenvalue weighted by Crippen LogP contribution is 2.25. The van der Waals surface area contributed by atoms with Crippen LogP contribution in [0.15, 0.2) is 29.2 Å². The predicted molar refractivity (Wildman–Crippen MR) is 74.4 cm³/mol. The van der Waals surface area contributed by atoms with E-state index < -0.39 is 0 Å². The van der Waals surface area contributed by atoms with Crippen molar-refractivity contribution in [2.45, 2.75) is 31.2 Å². The Kier molecular flexibility index (Phi) is 4.69. The SMILES string of the molecule is CCSc1ccc(N(C)C(C)(C)CN)cc1. The first-order chi connectivity index (χ1) is 7.51. The van der Waals surface area contributed by atoms with Crippen LogP contribution in [0, 0.1) is 0 Å². The fourth-order valence-electron chi connectivity index (χ4n) is 1.42. The molecule has 0 saturated carbocycles. The van der Waals surface area contributed by atoms with Gasteiger partial charge in [-0.1, -0.05) is 6.92 Å². The molecule has 1 aromatic rings. The fraction of sp³-hybridized carbons (Fsp3) is 0.538. The monoisotopic (exact) mass is 238 g/mol. The number of benzene rings is 1. The Morgan fingerprint density at radius 3 is 2.25 bits per heavy atom. The topological polar surface area (TPSA) is 29.3 Å². The first-order valence-corrected chi connectivity index (χ1v) is 6.66. The predicted octanol–water partition coefficient (Wildman–Crippen LogP) is 2.97. The standard InChI is InChI=1S/C13H22N2S/c1-5-16-12-8-6-11(7-9-12)15(4)13(2,3)10-14/h6-9H,5,10,14H2,1-4H3. The molecule has 0 fully saturated rings. The average molecular weight is 238 g/mol. The van der Waals surface area contributed by atoms with Crippen LogP contribution in [-0.4, -0.2) is 24.9 Å². The first kappa shape index (κ1) is 13.4. The van der Waals surface area contributed by atoms with Crippen LogP contribution < -0.4 is 10.6 Å². The molecule has 0 spiro atoms. The van der Waals surface area contributed by atoms with Crippen LogP contribution in [0.25, 0.3) is 0 Å². The molecule has 0 aromatic heterocycles. The van der Waals surface area contributed by atoms with Crippen LogP contribution in [0.4, 0.5) is 5.69 Å². The lowest BCUT2D eigenvalue weighted by molar-refractivity contribution is 0.498. The van der Waals surface area contributed by atoms with E-state index in [9.17, 15) is 0 Å². The molecule has 0 amide bonds. The van der Waals surface area contributed by atoms with Gasteiger partial charge in [0.1, 0.15) is 0 Å². The lowest BCUT2D eigenvalue weighted by Gasteiger charge is -2.36. The van der Waals surface area contributed by atoms with Gasteiger partial charge in [0, 0.05) is 29.7 Å². The van der Waals surface area contributed by atoms with Crippen LogP contribution in [0.3, 0.4) is 0 Å². The Morgan fingerprint density at radius 2 is 1.81 bits per heavy atom. The Morgan fingerprint density at radius 1 is 1.25 bits per heavy atom. The molecule has 2 nitrogen and oxygen atoms in total. The summed E-state index contributed by atoms with van der Waals surface area (Å²) in [5, 5.41) is 0. The molecule has 0 aliphatic carbocycles. The molecule has 16 heavy (non-hydrogen) atoms. The molecule has 1 rings (SSSR count). The molecule has 0 atom stereocenters. The number of nitrogens with zero attached hydrogens (tertiary/aromatic N) is 1. The van der Waals surface area contributed by atoms with Crippen molar-refractivity contribution in [3.63, 3.8) is 0 Å². The molecule has 2 N–H and O–H groups in total. The van der Waals surface area contributed by atoms with Crippen molar-refractivity contribution in [1.29, 1.82) is 0 Å². The van der Waals surface area contributed by atoms with E-state index in [2.05, 4.69) is 57.0 Å². The molecule has 0 saturated heterocycles. The van der Waals surface area contributed by atoms with E-state index in [0.29, 0.717) is 6.54 Å². The van der Waals surface area contributed by atoms with E-state index in [4.69, 9.17) is 5.73 Å². The first-order valence-electron chi connectivity index (χ1n) is 5.68. The van der Waals surface area contributed by atoms with Gasteiger partial charge in [-0.25, -0.2) is 0 Å². The van der Waals surface area contributed by atoms with Crippen LogP contribution >= 0.6 is 11.8 Å². The molecule has 0 aliphatic rings. The summed E-state index contributed by atoms with van der Waals surface area (Å²) in [5.41, 5.74) is 6.99. The Bertz CT molecular complexity index is 319. The van der Waals surface area contributed by atoms with Crippen molar-refractivity contribution in [2.75, 3.05) is 24.2 Å². The maximum atomic E-state index is 5.78. The summed E-state index contributed by atoms with van der Waals surface area (Å²) in [4.78, 5) is 3.55. The van der Waals surface area contributed by atoms with Gasteiger partial charge in [0.25, 0.3) is 0 Å². The van der Waals surface area contributed by atoms with E-state index >= 15 is 0 Å². The quantitative estimate of drug-likeness (QED) is 0.800. The Hall–Kier alpha value is -0.670. The molecule has 0 aliphatic heterocycles. The second kappa shape index (κ2) is 5.60. The van der Waals surface area contributed by atoms with Crippen LogP contribution in [0.1, 0.15) is 20.8 Å². The van der Waals surface area contributed by atoms with Gasteiger partial charge in [-0.2, -0.15) is 0 Å². The summed E-state index contributed by atoms with van der Waals surface area (Å²) in [6, 6.07) is 8.67. The number of thioether (sulfide) groups is 1. The lowest BCUT2D eigenvalue weighted by atomic mass is 10.0. The van der Waals surface area contributed by atoms with Crippen LogP contribution in [0.5, 0.6) is 0 Å². The van der Waals surface area contributed by atoms with Gasteiger partial charge >= 0.3 is 0 Å². The Labute approximate surface area is 103 Å². The molecular formula is C13H22N2S. The van der Waals surface area contributed by atoms with Crippen molar-refractivity contribution in [3.05, 3.63) is 24.3 Å². The minimum Gasteiger partial charge on any atom is -0.368 e. The summed E-state index contributed by atoms with van der Waals surface area (Å²) in [6.07, 6.45) is 0. The maximum Gasteiger partial charge on any atom is 0.0464 e. The van der Waals surface area contributed by atoms with Crippen molar-refractivity contribution in [3.8, 4) is 0 Å². The number of likely N-dealkylation sites (N-methyl/N-ethyl adjacent to an activating group) is 1. The summed E-state index contributed by atoms with van der Waals surface area (Å²) >= 11 is 1.87. The molecule has 0 heterocycles. The highest BCUT2D eigenvalue weighted by molar-refractivity contribution is 7.99. The third kappa shape index (κ3) is 3.16. The van der Waals surface area contributed by atoms with Crippen molar-refractivity contribution in [2.24, 2.45) is 5.73 Å². The van der Waals surface area contributed by atoms with Crippen LogP contribution in [0.2, 0.25) is 0 Å². The van der Waals surface area contributed by atoms with E-state index in [0.717, 1.165) is 5.75 Å².